The molecule has 36 aromatic rings. The van der Waals surface area contributed by atoms with Gasteiger partial charge >= 0.3 is 0 Å². The van der Waals surface area contributed by atoms with Gasteiger partial charge < -0.3 is 26.5 Å². The van der Waals surface area contributed by atoms with E-state index in [0.717, 1.165) is 296 Å². The first-order chi connectivity index (χ1) is 71.5. The zero-order chi connectivity index (χ0) is 94.0. The zero-order valence-corrected chi connectivity index (χ0v) is 75.6. The highest BCUT2D eigenvalue weighted by molar-refractivity contribution is 6.29. The number of aromatic nitrogens is 18. The van der Waals surface area contributed by atoms with E-state index in [4.69, 9.17) is 26.5 Å². The number of fused-ring (bicyclic) bond motifs is 58. The number of para-hydroxylation sites is 6. The summed E-state index contributed by atoms with van der Waals surface area (Å²) in [5.74, 6) is 0. The predicted octanol–water partition coefficient (Wildman–Crippen LogP) is 29.6. The van der Waals surface area contributed by atoms with Crippen LogP contribution < -0.4 is 0 Å². The number of nitrogens with zero attached hydrogens (tertiary/aromatic N) is 18. The molecule has 0 bridgehead atoms. The minimum Gasteiger partial charge on any atom is -0.456 e. The summed E-state index contributed by atoms with van der Waals surface area (Å²) >= 11 is 0. The lowest BCUT2D eigenvalue weighted by Crippen LogP contribution is -1.92. The van der Waals surface area contributed by atoms with Crippen molar-refractivity contribution in [3.63, 3.8) is 0 Å². The van der Waals surface area contributed by atoms with E-state index in [1.165, 1.54) is 0 Å². The van der Waals surface area contributed by atoms with E-state index in [1.807, 2.05) is 269 Å². The number of furan rings is 6. The van der Waals surface area contributed by atoms with Gasteiger partial charge in [0.15, 0.2) is 5.58 Å². The van der Waals surface area contributed by atoms with Crippen LogP contribution in [0.2, 0.25) is 0 Å². The summed E-state index contributed by atoms with van der Waals surface area (Å²) in [4.78, 5) is 55.0. The average molecular weight is 1860 g/mol. The maximum Gasteiger partial charge on any atom is 0.160 e. The molecular weight excluding hydrogens is 1790 g/mol. The number of pyridine rings is 12. The Balaban J connectivity index is 0.0000000788. The van der Waals surface area contributed by atoms with Crippen LogP contribution in [0.4, 0.5) is 0 Å². The third kappa shape index (κ3) is 11.5. The molecule has 144 heavy (non-hydrogen) atoms. The highest BCUT2D eigenvalue weighted by Gasteiger charge is 2.25. The Labute approximate surface area is 806 Å². The molecule has 0 aliphatic rings. The zero-order valence-electron chi connectivity index (χ0n) is 75.6. The van der Waals surface area contributed by atoms with Crippen LogP contribution in [0.5, 0.6) is 0 Å². The Morgan fingerprint density at radius 3 is 0.951 bits per heavy atom. The molecule has 24 aromatic heterocycles. The Kier molecular flexibility index (Phi) is 16.7. The Bertz CT molecular complexity index is 11700. The van der Waals surface area contributed by atoms with Crippen molar-refractivity contribution in [1.29, 1.82) is 0 Å². The minimum atomic E-state index is 0.879. The van der Waals surface area contributed by atoms with Gasteiger partial charge in [0.1, 0.15) is 101 Å². The van der Waals surface area contributed by atoms with Gasteiger partial charge in [-0.2, -0.15) is 0 Å². The summed E-state index contributed by atoms with van der Waals surface area (Å²) in [7, 11) is 0. The fourth-order valence-electron chi connectivity index (χ4n) is 22.1. The first-order valence-corrected chi connectivity index (χ1v) is 47.1. The smallest absolute Gasteiger partial charge is 0.160 e. The van der Waals surface area contributed by atoms with Crippen LogP contribution >= 0.6 is 0 Å². The lowest BCUT2D eigenvalue weighted by atomic mass is 10.0. The third-order valence-corrected chi connectivity index (χ3v) is 28.2. The van der Waals surface area contributed by atoms with E-state index in [1.54, 1.807) is 0 Å². The lowest BCUT2D eigenvalue weighted by Gasteiger charge is -2.08. The first-order valence-electron chi connectivity index (χ1n) is 47.1. The fraction of sp³-hybridized carbons (Fsp3) is 0. The summed E-state index contributed by atoms with van der Waals surface area (Å²) in [6.07, 6.45) is 33.9. The van der Waals surface area contributed by atoms with Crippen LogP contribution in [-0.4, -0.2) is 86.2 Å². The van der Waals surface area contributed by atoms with Crippen molar-refractivity contribution >= 4 is 296 Å². The number of benzene rings is 12. The van der Waals surface area contributed by atoms with Crippen molar-refractivity contribution in [2.75, 3.05) is 0 Å². The number of imidazole rings is 6. The van der Waals surface area contributed by atoms with Crippen LogP contribution in [0.1, 0.15) is 0 Å². The molecule has 0 fully saturated rings. The van der Waals surface area contributed by atoms with Gasteiger partial charge in [0.05, 0.1) is 71.5 Å². The van der Waals surface area contributed by atoms with E-state index < -0.39 is 0 Å². The molecule has 0 aliphatic carbocycles. The molecule has 0 saturated carbocycles. The third-order valence-electron chi connectivity index (χ3n) is 28.2. The molecule has 0 N–H and O–H groups in total. The van der Waals surface area contributed by atoms with Gasteiger partial charge in [-0.25, -0.2) is 29.9 Å². The molecule has 0 unspecified atom stereocenters. The van der Waals surface area contributed by atoms with Gasteiger partial charge in [-0.1, -0.05) is 109 Å². The fourth-order valence-corrected chi connectivity index (χ4v) is 22.1. The molecule has 672 valence electrons. The van der Waals surface area contributed by atoms with Crippen LogP contribution in [-0.2, 0) is 0 Å². The molecule has 24 heterocycles. The van der Waals surface area contributed by atoms with Gasteiger partial charge in [0, 0.05) is 236 Å². The molecule has 0 spiro atoms. The van der Waals surface area contributed by atoms with E-state index in [-0.39, 0.29) is 0 Å². The number of hydrogen-bond donors (Lipinski definition) is 0. The molecule has 0 aliphatic heterocycles. The molecule has 0 amide bonds. The van der Waals surface area contributed by atoms with Crippen molar-refractivity contribution < 1.29 is 26.5 Å². The Morgan fingerprint density at radius 1 is 0.146 bits per heavy atom. The maximum absolute atomic E-state index is 6.23. The first kappa shape index (κ1) is 78.7. The van der Waals surface area contributed by atoms with E-state index >= 15 is 0 Å². The van der Waals surface area contributed by atoms with Crippen LogP contribution in [0, 0.1) is 0 Å². The van der Waals surface area contributed by atoms with E-state index in [2.05, 4.69) is 220 Å². The normalized spacial score (nSPS) is 12.2. The monoisotopic (exact) mass is 1850 g/mol. The van der Waals surface area contributed by atoms with E-state index in [0.29, 0.717) is 0 Å². The van der Waals surface area contributed by atoms with Crippen LogP contribution in [0.3, 0.4) is 0 Å². The Morgan fingerprint density at radius 2 is 0.444 bits per heavy atom. The molecule has 24 heteroatoms. The topological polar surface area (TPSA) is 260 Å². The SMILES string of the molecule is c1ccc2c(c1)oc1c2ccc2c1c1ncccc1c1nccn21.c1ccc2c(c1)oc1c2ccc2c3ncccc3c3nccn3c21.c1ccc2c(c1)oc1cc3c(cc12)c1ncccc1c1nccn31.c1ccc2c(c1)oc1cc3c4ncccc4c4nccn4c3cc12.c1ccc2c(c1)oc1ccc3c(c4ncccc4c4nccn34)c12.c1ccc2c(c1)oc1ccc3c4ncccc4c4nccn4c3c12. The van der Waals surface area contributed by atoms with Crippen LogP contribution in [0.25, 0.3) is 296 Å². The predicted molar refractivity (Wildman–Crippen MR) is 572 cm³/mol. The standard InChI is InChI=1S/6C20H11N3O/c1-2-6-15-12(4-1)17-16(24-15)8-7-13-18-14(5-3-9-21-18)20-22-10-11-23(20)19(13)17;1-2-6-16-12(4-1)13-7-8-14-17-15(5-3-9-21-17)20-22-10-11-23(20)18(14)19(13)24-16;1-2-6-16-12(4-1)13-7-8-15-17(19(13)24-16)18-14(5-3-9-21-18)20-22-10-11-23(15)20;1-2-6-15-12(4-1)17-16(24-15)8-7-14-18(17)19-13(5-3-9-21-19)20-22-10-11-23(14)20;1-2-6-17-12(4-1)14-10-16-15(11-18(14)24-17)19-13(5-3-7-21-19)20-22-8-9-23(16)20;1-2-6-17-12(4-1)14-10-15-16(11-18(14)24-17)23-9-8-22-20(23)13-5-3-7-21-19(13)15/h6*1-11H. The molecule has 0 atom stereocenters. The molecular formula is C120H66N18O6. The summed E-state index contributed by atoms with van der Waals surface area (Å²) in [6, 6.07) is 98.2. The lowest BCUT2D eigenvalue weighted by molar-refractivity contribution is 0.669. The Hall–Kier alpha value is -20.4. The summed E-state index contributed by atoms with van der Waals surface area (Å²) in [5, 5.41) is 26.2. The van der Waals surface area contributed by atoms with Crippen molar-refractivity contribution in [1.82, 2.24) is 86.2 Å². The van der Waals surface area contributed by atoms with Gasteiger partial charge in [-0.05, 0) is 176 Å². The number of hydrogen-bond acceptors (Lipinski definition) is 18. The second-order valence-electron chi connectivity index (χ2n) is 35.8. The number of rotatable bonds is 0. The van der Waals surface area contributed by atoms with Gasteiger partial charge in [-0.3, -0.25) is 56.3 Å². The largest absolute Gasteiger partial charge is 0.456 e. The second kappa shape index (κ2) is 30.5. The molecule has 36 rings (SSSR count). The van der Waals surface area contributed by atoms with Crippen molar-refractivity contribution in [2.24, 2.45) is 0 Å². The molecule has 0 radical (unpaired) electrons. The summed E-state index contributed by atoms with van der Waals surface area (Å²) < 4.78 is 49.3. The highest BCUT2D eigenvalue weighted by Crippen LogP contribution is 2.46. The van der Waals surface area contributed by atoms with Gasteiger partial charge in [0.25, 0.3) is 0 Å². The van der Waals surface area contributed by atoms with Crippen molar-refractivity contribution in [2.45, 2.75) is 0 Å². The average Bonchev–Trinajstić information content (AvgIpc) is 1.50. The minimum absolute atomic E-state index is 0.879. The molecule has 12 aromatic carbocycles. The van der Waals surface area contributed by atoms with Gasteiger partial charge in [-0.15, -0.1) is 0 Å². The summed E-state index contributed by atoms with van der Waals surface area (Å²) in [6.45, 7) is 0. The van der Waals surface area contributed by atoms with Crippen LogP contribution in [0.15, 0.2) is 429 Å². The quantitative estimate of drug-likeness (QED) is 0.128. The van der Waals surface area contributed by atoms with Crippen molar-refractivity contribution in [3.05, 3.63) is 403 Å². The molecule has 0 saturated heterocycles. The van der Waals surface area contributed by atoms with Crippen molar-refractivity contribution in [3.8, 4) is 0 Å². The summed E-state index contributed by atoms with van der Waals surface area (Å²) in [5.41, 5.74) is 28.3. The van der Waals surface area contributed by atoms with E-state index in [9.17, 15) is 0 Å². The second-order valence-corrected chi connectivity index (χ2v) is 35.8. The van der Waals surface area contributed by atoms with Gasteiger partial charge in [0.2, 0.25) is 0 Å². The maximum atomic E-state index is 6.23. The molecule has 24 nitrogen and oxygen atoms in total. The highest BCUT2D eigenvalue weighted by atomic mass is 16.3.